The topological polar surface area (TPSA) is 89.4 Å². The number of nitrogens with one attached hydrogen (secondary N) is 1. The first-order chi connectivity index (χ1) is 12.6. The average molecular weight is 468 g/mol. The van der Waals surface area contributed by atoms with E-state index >= 15 is 0 Å². The van der Waals surface area contributed by atoms with Crippen LogP contribution in [0.1, 0.15) is 18.1 Å². The monoisotopic (exact) mass is 468 g/mol. The molecule has 0 saturated heterocycles. The number of nitrogens with zero attached hydrogens (tertiary/aromatic N) is 1. The van der Waals surface area contributed by atoms with Gasteiger partial charge in [-0.1, -0.05) is 6.07 Å². The molecular weight excluding hydrogens is 451 g/mol. The number of amides is 1. The zero-order valence-electron chi connectivity index (χ0n) is 14.0. The van der Waals surface area contributed by atoms with Gasteiger partial charge in [0.05, 0.1) is 22.8 Å². The van der Waals surface area contributed by atoms with E-state index in [1.807, 2.05) is 35.6 Å². The third-order valence-corrected chi connectivity index (χ3v) is 4.38. The predicted octanol–water partition coefficient (Wildman–Crippen LogP) is 2.82. The van der Waals surface area contributed by atoms with Crippen molar-refractivity contribution in [1.82, 2.24) is 5.43 Å². The first kappa shape index (κ1) is 18.3. The lowest BCUT2D eigenvalue weighted by Gasteiger charge is -2.08. The molecule has 3 rings (SSSR count). The first-order valence-corrected chi connectivity index (χ1v) is 9.00. The lowest BCUT2D eigenvalue weighted by atomic mass is 10.1. The van der Waals surface area contributed by atoms with Gasteiger partial charge in [-0.25, -0.2) is 5.43 Å². The number of halogens is 1. The van der Waals surface area contributed by atoms with Crippen molar-refractivity contribution in [1.29, 1.82) is 0 Å². The van der Waals surface area contributed by atoms with Gasteiger partial charge in [0.2, 0.25) is 12.7 Å². The molecule has 1 amide bonds. The van der Waals surface area contributed by atoms with Crippen LogP contribution in [-0.4, -0.2) is 30.6 Å². The highest BCUT2D eigenvalue weighted by molar-refractivity contribution is 14.1. The standard InChI is InChI=1S/C18H17IN2O5/c1-2-24-16-7-12(5-13(19)18(16)23)9-20-21-17(22)8-11-3-4-14-15(6-11)26-10-25-14/h3-7,9,23H,2,8,10H2,1H3,(H,21,22)/b20-9-. The molecular formula is C18H17IN2O5. The fourth-order valence-corrected chi connectivity index (χ4v) is 3.01. The van der Waals surface area contributed by atoms with Crippen LogP contribution in [0.4, 0.5) is 0 Å². The molecule has 0 aliphatic carbocycles. The molecule has 136 valence electrons. The number of aromatic hydroxyl groups is 1. The van der Waals surface area contributed by atoms with Crippen molar-refractivity contribution >= 4 is 34.7 Å². The third-order valence-electron chi connectivity index (χ3n) is 3.56. The van der Waals surface area contributed by atoms with Crippen LogP contribution < -0.4 is 19.6 Å². The summed E-state index contributed by atoms with van der Waals surface area (Å²) in [5.41, 5.74) is 4.00. The number of hydrazone groups is 1. The smallest absolute Gasteiger partial charge is 0.244 e. The summed E-state index contributed by atoms with van der Waals surface area (Å²) < 4.78 is 16.6. The Morgan fingerprint density at radius 3 is 2.96 bits per heavy atom. The molecule has 2 aromatic carbocycles. The molecule has 1 heterocycles. The third kappa shape index (κ3) is 4.37. The van der Waals surface area contributed by atoms with Gasteiger partial charge in [-0.3, -0.25) is 4.79 Å². The Balaban J connectivity index is 1.60. The molecule has 0 bridgehead atoms. The van der Waals surface area contributed by atoms with E-state index < -0.39 is 0 Å². The van der Waals surface area contributed by atoms with Crippen molar-refractivity contribution in [3.63, 3.8) is 0 Å². The number of phenolic OH excluding ortho intramolecular Hbond substituents is 1. The summed E-state index contributed by atoms with van der Waals surface area (Å²) in [4.78, 5) is 12.0. The van der Waals surface area contributed by atoms with Gasteiger partial charge in [-0.2, -0.15) is 5.10 Å². The Labute approximate surface area is 164 Å². The maximum absolute atomic E-state index is 12.0. The highest BCUT2D eigenvalue weighted by Crippen LogP contribution is 2.33. The SMILES string of the molecule is CCOc1cc(/C=N\NC(=O)Cc2ccc3c(c2)OCO3)cc(I)c1O. The number of hydrogen-bond donors (Lipinski definition) is 2. The molecule has 0 radical (unpaired) electrons. The summed E-state index contributed by atoms with van der Waals surface area (Å²) in [5.74, 6) is 1.54. The molecule has 0 saturated carbocycles. The van der Waals surface area contributed by atoms with E-state index in [0.717, 1.165) is 5.56 Å². The van der Waals surface area contributed by atoms with Crippen molar-refractivity contribution in [2.75, 3.05) is 13.4 Å². The van der Waals surface area contributed by atoms with E-state index in [9.17, 15) is 9.90 Å². The minimum atomic E-state index is -0.251. The highest BCUT2D eigenvalue weighted by atomic mass is 127. The quantitative estimate of drug-likeness (QED) is 0.387. The van der Waals surface area contributed by atoms with E-state index in [4.69, 9.17) is 14.2 Å². The average Bonchev–Trinajstić information content (AvgIpc) is 3.07. The molecule has 1 aliphatic heterocycles. The molecule has 0 unspecified atom stereocenters. The van der Waals surface area contributed by atoms with Crippen molar-refractivity contribution in [3.05, 3.63) is 45.0 Å². The van der Waals surface area contributed by atoms with Crippen molar-refractivity contribution in [2.24, 2.45) is 5.10 Å². The maximum Gasteiger partial charge on any atom is 0.244 e. The van der Waals surface area contributed by atoms with Gasteiger partial charge in [0, 0.05) is 0 Å². The van der Waals surface area contributed by atoms with Gasteiger partial charge in [0.1, 0.15) is 0 Å². The molecule has 2 N–H and O–H groups in total. The number of phenols is 1. The van der Waals surface area contributed by atoms with E-state index in [-0.39, 0.29) is 24.9 Å². The van der Waals surface area contributed by atoms with Gasteiger partial charge < -0.3 is 19.3 Å². The summed E-state index contributed by atoms with van der Waals surface area (Å²) >= 11 is 2.01. The normalized spacial score (nSPS) is 12.4. The molecule has 8 heteroatoms. The Bertz CT molecular complexity index is 854. The number of ether oxygens (including phenoxy) is 3. The lowest BCUT2D eigenvalue weighted by Crippen LogP contribution is -2.19. The second-order valence-electron chi connectivity index (χ2n) is 5.44. The zero-order chi connectivity index (χ0) is 18.5. The summed E-state index contributed by atoms with van der Waals surface area (Å²) in [6.45, 7) is 2.48. The molecule has 7 nitrogen and oxygen atoms in total. The molecule has 0 atom stereocenters. The molecule has 26 heavy (non-hydrogen) atoms. The number of hydrogen-bond acceptors (Lipinski definition) is 6. The van der Waals surface area contributed by atoms with Crippen LogP contribution in [0.25, 0.3) is 0 Å². The van der Waals surface area contributed by atoms with Crippen molar-refractivity contribution in [3.8, 4) is 23.0 Å². The van der Waals surface area contributed by atoms with Crippen LogP contribution in [0, 0.1) is 3.57 Å². The van der Waals surface area contributed by atoms with Crippen LogP contribution in [0.15, 0.2) is 35.4 Å². The van der Waals surface area contributed by atoms with Gasteiger partial charge in [-0.15, -0.1) is 0 Å². The van der Waals surface area contributed by atoms with Gasteiger partial charge in [-0.05, 0) is 64.9 Å². The highest BCUT2D eigenvalue weighted by Gasteiger charge is 2.14. The van der Waals surface area contributed by atoms with Gasteiger partial charge >= 0.3 is 0 Å². The van der Waals surface area contributed by atoms with E-state index in [1.54, 1.807) is 24.3 Å². The Hall–Kier alpha value is -2.49. The summed E-state index contributed by atoms with van der Waals surface area (Å²) in [6, 6.07) is 8.78. The predicted molar refractivity (Wildman–Crippen MR) is 104 cm³/mol. The second-order valence-corrected chi connectivity index (χ2v) is 6.60. The summed E-state index contributed by atoms with van der Waals surface area (Å²) in [7, 11) is 0. The largest absolute Gasteiger partial charge is 0.504 e. The van der Waals surface area contributed by atoms with Gasteiger partial charge in [0.15, 0.2) is 23.0 Å². The van der Waals surface area contributed by atoms with E-state index in [0.29, 0.717) is 33.0 Å². The number of carbonyl (C=O) groups excluding carboxylic acids is 1. The van der Waals surface area contributed by atoms with Crippen LogP contribution >= 0.6 is 22.6 Å². The molecule has 0 spiro atoms. The molecule has 2 aromatic rings. The Kier molecular flexibility index (Phi) is 5.82. The minimum absolute atomic E-state index is 0.0939. The number of benzene rings is 2. The second kappa shape index (κ2) is 8.26. The fourth-order valence-electron chi connectivity index (χ4n) is 2.39. The lowest BCUT2D eigenvalue weighted by molar-refractivity contribution is -0.120. The number of rotatable bonds is 6. The minimum Gasteiger partial charge on any atom is -0.504 e. The molecule has 0 fully saturated rings. The number of carbonyl (C=O) groups is 1. The van der Waals surface area contributed by atoms with Crippen LogP contribution in [0.2, 0.25) is 0 Å². The van der Waals surface area contributed by atoms with E-state index in [2.05, 4.69) is 10.5 Å². The first-order valence-electron chi connectivity index (χ1n) is 7.92. The van der Waals surface area contributed by atoms with Crippen molar-refractivity contribution in [2.45, 2.75) is 13.3 Å². The fraction of sp³-hybridized carbons (Fsp3) is 0.222. The zero-order valence-corrected chi connectivity index (χ0v) is 16.1. The van der Waals surface area contributed by atoms with Crippen LogP contribution in [0.3, 0.4) is 0 Å². The van der Waals surface area contributed by atoms with E-state index in [1.165, 1.54) is 6.21 Å². The van der Waals surface area contributed by atoms with Crippen molar-refractivity contribution < 1.29 is 24.1 Å². The number of fused-ring (bicyclic) bond motifs is 1. The Morgan fingerprint density at radius 1 is 1.35 bits per heavy atom. The van der Waals surface area contributed by atoms with Crippen LogP contribution in [-0.2, 0) is 11.2 Å². The van der Waals surface area contributed by atoms with Crippen LogP contribution in [0.5, 0.6) is 23.0 Å². The summed E-state index contributed by atoms with van der Waals surface area (Å²) in [5, 5.41) is 13.9. The molecule has 1 aliphatic rings. The molecule has 0 aromatic heterocycles. The van der Waals surface area contributed by atoms with Gasteiger partial charge in [0.25, 0.3) is 0 Å². The summed E-state index contributed by atoms with van der Waals surface area (Å²) in [6.07, 6.45) is 1.67. The maximum atomic E-state index is 12.0. The Morgan fingerprint density at radius 2 is 2.15 bits per heavy atom.